The number of amides is 1. The van der Waals surface area contributed by atoms with Crippen LogP contribution in [0.1, 0.15) is 5.56 Å². The first-order chi connectivity index (χ1) is 8.99. The summed E-state index contributed by atoms with van der Waals surface area (Å²) in [5.41, 5.74) is 10.9. The highest BCUT2D eigenvalue weighted by Gasteiger charge is 2.17. The summed E-state index contributed by atoms with van der Waals surface area (Å²) in [6, 6.07) is 7.57. The molecule has 1 unspecified atom stereocenters. The summed E-state index contributed by atoms with van der Waals surface area (Å²) in [6.45, 7) is 0. The van der Waals surface area contributed by atoms with Crippen molar-refractivity contribution in [1.82, 2.24) is 15.0 Å². The average molecular weight is 260 g/mol. The maximum absolute atomic E-state index is 11.8. The Kier molecular flexibility index (Phi) is 3.87. The number of hydrogen-bond donors (Lipinski definition) is 2. The summed E-state index contributed by atoms with van der Waals surface area (Å²) in [5, 5.41) is 2.75. The third-order valence-electron chi connectivity index (χ3n) is 3.09. The van der Waals surface area contributed by atoms with E-state index in [0.29, 0.717) is 6.42 Å². The van der Waals surface area contributed by atoms with Gasteiger partial charge in [-0.2, -0.15) is 0 Å². The number of para-hydroxylation sites is 1. The Morgan fingerprint density at radius 2 is 2.11 bits per heavy atom. The van der Waals surface area contributed by atoms with Gasteiger partial charge in [0.15, 0.2) is 0 Å². The predicted octanol–water partition coefficient (Wildman–Crippen LogP) is 0.641. The van der Waals surface area contributed by atoms with Crippen molar-refractivity contribution in [3.8, 4) is 0 Å². The van der Waals surface area contributed by atoms with Gasteiger partial charge in [0.25, 0.3) is 5.91 Å². The van der Waals surface area contributed by atoms with E-state index in [4.69, 9.17) is 5.73 Å². The molecule has 1 aromatic carbocycles. The third kappa shape index (κ3) is 2.94. The van der Waals surface area contributed by atoms with Gasteiger partial charge in [-0.05, 0) is 18.1 Å². The molecule has 0 saturated carbocycles. The van der Waals surface area contributed by atoms with Gasteiger partial charge in [0.1, 0.15) is 0 Å². The van der Waals surface area contributed by atoms with E-state index in [2.05, 4.69) is 22.1 Å². The molecule has 0 aliphatic carbocycles. The van der Waals surface area contributed by atoms with Crippen molar-refractivity contribution < 1.29 is 4.79 Å². The van der Waals surface area contributed by atoms with Gasteiger partial charge < -0.3 is 10.3 Å². The lowest BCUT2D eigenvalue weighted by atomic mass is 10.1. The van der Waals surface area contributed by atoms with E-state index < -0.39 is 6.04 Å². The van der Waals surface area contributed by atoms with Crippen LogP contribution in [-0.4, -0.2) is 35.6 Å². The minimum atomic E-state index is -0.548. The van der Waals surface area contributed by atoms with Crippen LogP contribution in [0.25, 0.3) is 10.9 Å². The Morgan fingerprint density at radius 1 is 1.42 bits per heavy atom. The Balaban J connectivity index is 2.19. The number of aryl methyl sites for hydroxylation is 1. The molecule has 2 aromatic rings. The molecule has 0 radical (unpaired) electrons. The topological polar surface area (TPSA) is 63.3 Å². The molecule has 102 valence electrons. The number of rotatable bonds is 4. The number of aromatic nitrogens is 1. The van der Waals surface area contributed by atoms with Crippen LogP contribution in [-0.2, 0) is 18.3 Å². The highest BCUT2D eigenvalue weighted by atomic mass is 16.2. The van der Waals surface area contributed by atoms with Crippen LogP contribution in [0.5, 0.6) is 0 Å². The molecule has 5 heteroatoms. The lowest BCUT2D eigenvalue weighted by molar-refractivity contribution is -0.126. The molecule has 0 fully saturated rings. The van der Waals surface area contributed by atoms with Crippen LogP contribution in [0.4, 0.5) is 0 Å². The van der Waals surface area contributed by atoms with Crippen LogP contribution in [0.3, 0.4) is 0 Å². The summed E-state index contributed by atoms with van der Waals surface area (Å²) in [4.78, 5) is 11.8. The summed E-state index contributed by atoms with van der Waals surface area (Å²) in [6.07, 6.45) is 2.56. The zero-order chi connectivity index (χ0) is 14.0. The van der Waals surface area contributed by atoms with Crippen molar-refractivity contribution in [1.29, 1.82) is 0 Å². The fourth-order valence-corrected chi connectivity index (χ4v) is 2.22. The Bertz CT molecular complexity index is 588. The van der Waals surface area contributed by atoms with Crippen LogP contribution in [0.2, 0.25) is 0 Å². The Labute approximate surface area is 113 Å². The number of nitrogens with zero attached hydrogens (tertiary/aromatic N) is 2. The highest BCUT2D eigenvalue weighted by Crippen LogP contribution is 2.21. The lowest BCUT2D eigenvalue weighted by Gasteiger charge is -2.16. The monoisotopic (exact) mass is 260 g/mol. The molecule has 0 aliphatic heterocycles. The number of carbonyl (C=O) groups is 1. The molecule has 0 bridgehead atoms. The van der Waals surface area contributed by atoms with E-state index in [9.17, 15) is 4.79 Å². The quantitative estimate of drug-likeness (QED) is 0.793. The molecular weight excluding hydrogens is 240 g/mol. The summed E-state index contributed by atoms with van der Waals surface area (Å²) < 4.78 is 2.06. The van der Waals surface area contributed by atoms with Crippen molar-refractivity contribution in [3.63, 3.8) is 0 Å². The van der Waals surface area contributed by atoms with E-state index in [0.717, 1.165) is 16.5 Å². The summed E-state index contributed by atoms with van der Waals surface area (Å²) in [5.74, 6) is -0.169. The third-order valence-corrected chi connectivity index (χ3v) is 3.09. The van der Waals surface area contributed by atoms with Crippen molar-refractivity contribution >= 4 is 16.8 Å². The maximum Gasteiger partial charge on any atom is 0.251 e. The molecule has 2 rings (SSSR count). The van der Waals surface area contributed by atoms with Crippen molar-refractivity contribution in [3.05, 3.63) is 36.0 Å². The second kappa shape index (κ2) is 5.42. The molecule has 1 atom stereocenters. The molecule has 0 saturated heterocycles. The number of nitrogens with two attached hydrogens (primary N) is 1. The van der Waals surface area contributed by atoms with Crippen LogP contribution < -0.4 is 11.2 Å². The van der Waals surface area contributed by atoms with Gasteiger partial charge in [-0.1, -0.05) is 18.2 Å². The highest BCUT2D eigenvalue weighted by molar-refractivity contribution is 5.86. The van der Waals surface area contributed by atoms with E-state index in [1.165, 1.54) is 0 Å². The zero-order valence-corrected chi connectivity index (χ0v) is 11.6. The van der Waals surface area contributed by atoms with Crippen molar-refractivity contribution in [2.24, 2.45) is 12.8 Å². The van der Waals surface area contributed by atoms with Gasteiger partial charge in [0.05, 0.1) is 6.04 Å². The smallest absolute Gasteiger partial charge is 0.251 e. The van der Waals surface area contributed by atoms with Gasteiger partial charge in [0.2, 0.25) is 0 Å². The van der Waals surface area contributed by atoms with E-state index in [-0.39, 0.29) is 5.91 Å². The summed E-state index contributed by atoms with van der Waals surface area (Å²) >= 11 is 0. The first-order valence-electron chi connectivity index (χ1n) is 6.25. The first kappa shape index (κ1) is 13.6. The normalized spacial score (nSPS) is 12.9. The number of hydrazine groups is 1. The number of nitrogens with one attached hydrogen (secondary N) is 1. The van der Waals surface area contributed by atoms with E-state index in [1.807, 2.05) is 25.4 Å². The number of carbonyl (C=O) groups excluding carboxylic acids is 1. The largest absolute Gasteiger partial charge is 0.350 e. The standard InChI is InChI=1S/C14H20N4O/c1-17(2)16-14(19)12(15)8-10-9-18(3)13-7-5-4-6-11(10)13/h4-7,9,12H,8,15H2,1-3H3,(H,16,19). The van der Waals surface area contributed by atoms with Crippen molar-refractivity contribution in [2.45, 2.75) is 12.5 Å². The molecule has 1 heterocycles. The first-order valence-corrected chi connectivity index (χ1v) is 6.25. The fraction of sp³-hybridized carbons (Fsp3) is 0.357. The van der Waals surface area contributed by atoms with E-state index in [1.54, 1.807) is 19.1 Å². The Hall–Kier alpha value is -1.85. The van der Waals surface area contributed by atoms with Gasteiger partial charge in [-0.15, -0.1) is 0 Å². The average Bonchev–Trinajstić information content (AvgIpc) is 2.66. The number of benzene rings is 1. The molecule has 0 aliphatic rings. The molecule has 3 N–H and O–H groups in total. The maximum atomic E-state index is 11.8. The van der Waals surface area contributed by atoms with Gasteiger partial charge in [-0.25, -0.2) is 5.01 Å². The SMILES string of the molecule is CN(C)NC(=O)C(N)Cc1cn(C)c2ccccc12. The molecule has 5 nitrogen and oxygen atoms in total. The van der Waals surface area contributed by atoms with E-state index >= 15 is 0 Å². The number of hydrogen-bond acceptors (Lipinski definition) is 3. The zero-order valence-electron chi connectivity index (χ0n) is 11.6. The molecule has 19 heavy (non-hydrogen) atoms. The second-order valence-corrected chi connectivity index (χ2v) is 4.96. The van der Waals surface area contributed by atoms with Crippen LogP contribution >= 0.6 is 0 Å². The minimum Gasteiger partial charge on any atom is -0.350 e. The molecule has 1 amide bonds. The lowest BCUT2D eigenvalue weighted by Crippen LogP contribution is -2.47. The van der Waals surface area contributed by atoms with Gasteiger partial charge in [0, 0.05) is 38.2 Å². The molecule has 1 aromatic heterocycles. The van der Waals surface area contributed by atoms with Crippen molar-refractivity contribution in [2.75, 3.05) is 14.1 Å². The predicted molar refractivity (Wildman–Crippen MR) is 76.4 cm³/mol. The number of fused-ring (bicyclic) bond motifs is 1. The van der Waals surface area contributed by atoms with Gasteiger partial charge in [-0.3, -0.25) is 10.2 Å². The Morgan fingerprint density at radius 3 is 2.79 bits per heavy atom. The van der Waals surface area contributed by atoms with Crippen LogP contribution in [0.15, 0.2) is 30.5 Å². The molecular formula is C14H20N4O. The molecule has 0 spiro atoms. The van der Waals surface area contributed by atoms with Crippen LogP contribution in [0, 0.1) is 0 Å². The summed E-state index contributed by atoms with van der Waals surface area (Å²) in [7, 11) is 5.53. The fourth-order valence-electron chi connectivity index (χ4n) is 2.22. The van der Waals surface area contributed by atoms with Gasteiger partial charge >= 0.3 is 0 Å². The second-order valence-electron chi connectivity index (χ2n) is 4.96. The minimum absolute atomic E-state index is 0.169.